The molecular formula is C9H16N4O2. The van der Waals surface area contributed by atoms with Crippen LogP contribution in [-0.2, 0) is 6.42 Å². The average molecular weight is 212 g/mol. The lowest BCUT2D eigenvalue weighted by Gasteiger charge is -1.94. The van der Waals surface area contributed by atoms with Gasteiger partial charge in [0.1, 0.15) is 0 Å². The lowest BCUT2D eigenvalue weighted by molar-refractivity contribution is 0.0942. The lowest BCUT2D eigenvalue weighted by atomic mass is 10.3. The molecule has 0 saturated heterocycles. The standard InChI is InChI=1S/C9H16N4O2/c1-3-11-9(14)8-12-7(15-13-8)5-4-6-10-2/h10H,3-6H2,1-2H3,(H,11,14). The van der Waals surface area contributed by atoms with Crippen LogP contribution in [0, 0.1) is 0 Å². The monoisotopic (exact) mass is 212 g/mol. The molecule has 0 saturated carbocycles. The fourth-order valence-electron chi connectivity index (χ4n) is 1.10. The summed E-state index contributed by atoms with van der Waals surface area (Å²) in [6, 6.07) is 0. The summed E-state index contributed by atoms with van der Waals surface area (Å²) in [5.74, 6) is 0.323. The third-order valence-corrected chi connectivity index (χ3v) is 1.83. The van der Waals surface area contributed by atoms with Gasteiger partial charge in [0.25, 0.3) is 11.7 Å². The number of amides is 1. The second-order valence-corrected chi connectivity index (χ2v) is 3.08. The van der Waals surface area contributed by atoms with Crippen LogP contribution >= 0.6 is 0 Å². The molecule has 1 rings (SSSR count). The van der Waals surface area contributed by atoms with Gasteiger partial charge in [0.15, 0.2) is 0 Å². The molecule has 1 heterocycles. The van der Waals surface area contributed by atoms with Crippen molar-refractivity contribution < 1.29 is 9.32 Å². The Labute approximate surface area is 88.4 Å². The van der Waals surface area contributed by atoms with E-state index < -0.39 is 0 Å². The molecule has 15 heavy (non-hydrogen) atoms. The summed E-state index contributed by atoms with van der Waals surface area (Å²) >= 11 is 0. The van der Waals surface area contributed by atoms with Gasteiger partial charge in [-0.15, -0.1) is 0 Å². The van der Waals surface area contributed by atoms with Gasteiger partial charge in [0.2, 0.25) is 5.89 Å². The van der Waals surface area contributed by atoms with Gasteiger partial charge in [-0.3, -0.25) is 4.79 Å². The van der Waals surface area contributed by atoms with Crippen LogP contribution in [0.15, 0.2) is 4.52 Å². The SMILES string of the molecule is CCNC(=O)c1noc(CCCNC)n1. The van der Waals surface area contributed by atoms with Crippen molar-refractivity contribution in [3.8, 4) is 0 Å². The first-order chi connectivity index (χ1) is 7.27. The first kappa shape index (κ1) is 11.6. The van der Waals surface area contributed by atoms with Crippen LogP contribution in [-0.4, -0.2) is 36.2 Å². The quantitative estimate of drug-likeness (QED) is 0.647. The molecule has 1 amide bonds. The van der Waals surface area contributed by atoms with Crippen LogP contribution in [0.5, 0.6) is 0 Å². The molecule has 1 aromatic rings. The third-order valence-electron chi connectivity index (χ3n) is 1.83. The largest absolute Gasteiger partial charge is 0.349 e. The summed E-state index contributed by atoms with van der Waals surface area (Å²) in [6.45, 7) is 3.28. The van der Waals surface area contributed by atoms with Crippen LogP contribution in [0.2, 0.25) is 0 Å². The molecule has 0 bridgehead atoms. The van der Waals surface area contributed by atoms with Crippen molar-refractivity contribution in [2.24, 2.45) is 0 Å². The van der Waals surface area contributed by atoms with Crippen molar-refractivity contribution in [3.05, 3.63) is 11.7 Å². The Bertz CT molecular complexity index is 311. The van der Waals surface area contributed by atoms with Crippen molar-refractivity contribution >= 4 is 5.91 Å². The van der Waals surface area contributed by atoms with Gasteiger partial charge in [-0.1, -0.05) is 5.16 Å². The van der Waals surface area contributed by atoms with Crippen LogP contribution < -0.4 is 10.6 Å². The molecule has 0 atom stereocenters. The van der Waals surface area contributed by atoms with E-state index in [0.29, 0.717) is 18.9 Å². The topological polar surface area (TPSA) is 80.0 Å². The second-order valence-electron chi connectivity index (χ2n) is 3.08. The van der Waals surface area contributed by atoms with Crippen molar-refractivity contribution in [1.29, 1.82) is 0 Å². The number of nitrogens with zero attached hydrogens (tertiary/aromatic N) is 2. The maximum atomic E-state index is 11.3. The summed E-state index contributed by atoms with van der Waals surface area (Å²) in [4.78, 5) is 15.3. The minimum absolute atomic E-state index is 0.108. The average Bonchev–Trinajstić information content (AvgIpc) is 2.67. The first-order valence-electron chi connectivity index (χ1n) is 5.03. The van der Waals surface area contributed by atoms with Crippen LogP contribution in [0.4, 0.5) is 0 Å². The van der Waals surface area contributed by atoms with E-state index in [0.717, 1.165) is 13.0 Å². The number of nitrogens with one attached hydrogen (secondary N) is 2. The van der Waals surface area contributed by atoms with Crippen LogP contribution in [0.3, 0.4) is 0 Å². The normalized spacial score (nSPS) is 10.3. The fraction of sp³-hybridized carbons (Fsp3) is 0.667. The molecular weight excluding hydrogens is 196 g/mol. The van der Waals surface area contributed by atoms with Gasteiger partial charge in [0.05, 0.1) is 0 Å². The zero-order valence-electron chi connectivity index (χ0n) is 9.04. The van der Waals surface area contributed by atoms with E-state index in [1.54, 1.807) is 0 Å². The summed E-state index contributed by atoms with van der Waals surface area (Å²) < 4.78 is 4.93. The van der Waals surface area contributed by atoms with Crippen molar-refractivity contribution in [1.82, 2.24) is 20.8 Å². The highest BCUT2D eigenvalue weighted by atomic mass is 16.5. The maximum Gasteiger partial charge on any atom is 0.292 e. The summed E-state index contributed by atoms with van der Waals surface area (Å²) in [5, 5.41) is 9.22. The zero-order chi connectivity index (χ0) is 11.1. The molecule has 6 nitrogen and oxygen atoms in total. The summed E-state index contributed by atoms with van der Waals surface area (Å²) in [5.41, 5.74) is 0. The van der Waals surface area contributed by atoms with E-state index in [2.05, 4.69) is 20.8 Å². The van der Waals surface area contributed by atoms with E-state index in [4.69, 9.17) is 4.52 Å². The predicted molar refractivity (Wildman–Crippen MR) is 54.6 cm³/mol. The highest BCUT2D eigenvalue weighted by molar-refractivity contribution is 5.90. The molecule has 0 radical (unpaired) electrons. The maximum absolute atomic E-state index is 11.3. The number of carbonyl (C=O) groups excluding carboxylic acids is 1. The molecule has 84 valence electrons. The number of aromatic nitrogens is 2. The van der Waals surface area contributed by atoms with Gasteiger partial charge in [0, 0.05) is 13.0 Å². The minimum Gasteiger partial charge on any atom is -0.349 e. The smallest absolute Gasteiger partial charge is 0.292 e. The molecule has 0 spiro atoms. The Hall–Kier alpha value is -1.43. The Morgan fingerprint density at radius 2 is 2.33 bits per heavy atom. The minimum atomic E-state index is -0.291. The summed E-state index contributed by atoms with van der Waals surface area (Å²) in [7, 11) is 1.88. The van der Waals surface area contributed by atoms with Crippen molar-refractivity contribution in [3.63, 3.8) is 0 Å². The molecule has 6 heteroatoms. The molecule has 0 fully saturated rings. The van der Waals surface area contributed by atoms with Gasteiger partial charge >= 0.3 is 0 Å². The third kappa shape index (κ3) is 3.67. The molecule has 0 aliphatic heterocycles. The number of carbonyl (C=O) groups is 1. The molecule has 2 N–H and O–H groups in total. The number of hydrogen-bond donors (Lipinski definition) is 2. The van der Waals surface area contributed by atoms with E-state index in [1.165, 1.54) is 0 Å². The highest BCUT2D eigenvalue weighted by Crippen LogP contribution is 2.00. The molecule has 1 aromatic heterocycles. The van der Waals surface area contributed by atoms with Crippen molar-refractivity contribution in [2.75, 3.05) is 20.1 Å². The Morgan fingerprint density at radius 3 is 3.00 bits per heavy atom. The summed E-state index contributed by atoms with van der Waals surface area (Å²) in [6.07, 6.45) is 1.60. The molecule has 0 aliphatic carbocycles. The Morgan fingerprint density at radius 1 is 1.53 bits per heavy atom. The van der Waals surface area contributed by atoms with E-state index in [1.807, 2.05) is 14.0 Å². The van der Waals surface area contributed by atoms with Crippen LogP contribution in [0.1, 0.15) is 29.9 Å². The number of hydrogen-bond acceptors (Lipinski definition) is 5. The van der Waals surface area contributed by atoms with E-state index >= 15 is 0 Å². The van der Waals surface area contributed by atoms with E-state index in [-0.39, 0.29) is 11.7 Å². The van der Waals surface area contributed by atoms with Gasteiger partial charge in [-0.2, -0.15) is 4.98 Å². The number of aryl methyl sites for hydroxylation is 1. The Balaban J connectivity index is 2.45. The molecule has 0 aliphatic rings. The first-order valence-corrected chi connectivity index (χ1v) is 5.03. The van der Waals surface area contributed by atoms with Crippen molar-refractivity contribution in [2.45, 2.75) is 19.8 Å². The van der Waals surface area contributed by atoms with Gasteiger partial charge < -0.3 is 15.2 Å². The van der Waals surface area contributed by atoms with E-state index in [9.17, 15) is 4.79 Å². The van der Waals surface area contributed by atoms with Gasteiger partial charge in [-0.25, -0.2) is 0 Å². The Kier molecular flexibility index (Phi) is 4.76. The lowest BCUT2D eigenvalue weighted by Crippen LogP contribution is -2.23. The zero-order valence-corrected chi connectivity index (χ0v) is 9.04. The fourth-order valence-corrected chi connectivity index (χ4v) is 1.10. The molecule has 0 unspecified atom stereocenters. The van der Waals surface area contributed by atoms with Crippen LogP contribution in [0.25, 0.3) is 0 Å². The molecule has 0 aromatic carbocycles. The van der Waals surface area contributed by atoms with Gasteiger partial charge in [-0.05, 0) is 26.9 Å². The predicted octanol–water partition coefficient (Wildman–Crippen LogP) is -0.0287. The highest BCUT2D eigenvalue weighted by Gasteiger charge is 2.12. The number of rotatable bonds is 6. The second kappa shape index (κ2) is 6.13.